The van der Waals surface area contributed by atoms with Gasteiger partial charge in [0.25, 0.3) is 5.91 Å². The maximum atomic E-state index is 12.0. The molecule has 0 atom stereocenters. The summed E-state index contributed by atoms with van der Waals surface area (Å²) in [4.78, 5) is 12.0. The fourth-order valence-electron chi connectivity index (χ4n) is 1.48. The molecule has 3 nitrogen and oxygen atoms in total. The number of benzene rings is 2. The van der Waals surface area contributed by atoms with Crippen LogP contribution < -0.4 is 5.32 Å². The lowest BCUT2D eigenvalue weighted by atomic mass is 10.1. The van der Waals surface area contributed by atoms with Gasteiger partial charge in [-0.2, -0.15) is 5.26 Å². The highest BCUT2D eigenvalue weighted by Crippen LogP contribution is 2.25. The Balaban J connectivity index is 2.18. The van der Waals surface area contributed by atoms with Crippen molar-refractivity contribution in [1.29, 1.82) is 5.26 Å². The Labute approximate surface area is 120 Å². The van der Waals surface area contributed by atoms with Crippen molar-refractivity contribution in [3.05, 3.63) is 63.6 Å². The minimum Gasteiger partial charge on any atom is -0.321 e. The molecular formula is C14H8Cl2N2O. The smallest absolute Gasteiger partial charge is 0.255 e. The zero-order valence-corrected chi connectivity index (χ0v) is 11.2. The summed E-state index contributed by atoms with van der Waals surface area (Å²) in [6.45, 7) is 0. The molecule has 0 saturated heterocycles. The van der Waals surface area contributed by atoms with Crippen LogP contribution in [-0.4, -0.2) is 5.91 Å². The van der Waals surface area contributed by atoms with E-state index in [0.717, 1.165) is 0 Å². The third-order valence-corrected chi connectivity index (χ3v) is 3.00. The van der Waals surface area contributed by atoms with Crippen molar-refractivity contribution in [2.45, 2.75) is 0 Å². The van der Waals surface area contributed by atoms with Gasteiger partial charge >= 0.3 is 0 Å². The first kappa shape index (κ1) is 13.4. The number of rotatable bonds is 2. The molecule has 0 radical (unpaired) electrons. The van der Waals surface area contributed by atoms with Gasteiger partial charge in [0.15, 0.2) is 0 Å². The van der Waals surface area contributed by atoms with Gasteiger partial charge in [0.1, 0.15) is 0 Å². The van der Waals surface area contributed by atoms with E-state index in [2.05, 4.69) is 5.32 Å². The van der Waals surface area contributed by atoms with E-state index in [-0.39, 0.29) is 5.91 Å². The number of hydrogen-bond donors (Lipinski definition) is 1. The molecule has 5 heteroatoms. The van der Waals surface area contributed by atoms with Crippen molar-refractivity contribution >= 4 is 34.8 Å². The van der Waals surface area contributed by atoms with Crippen LogP contribution in [0.3, 0.4) is 0 Å². The Morgan fingerprint density at radius 2 is 1.79 bits per heavy atom. The Morgan fingerprint density at radius 1 is 1.11 bits per heavy atom. The summed E-state index contributed by atoms with van der Waals surface area (Å²) < 4.78 is 0. The molecule has 2 rings (SSSR count). The summed E-state index contributed by atoms with van der Waals surface area (Å²) in [7, 11) is 0. The van der Waals surface area contributed by atoms with Gasteiger partial charge in [-0.05, 0) is 42.5 Å². The average Bonchev–Trinajstić information content (AvgIpc) is 2.42. The Hall–Kier alpha value is -2.02. The Morgan fingerprint density at radius 3 is 2.37 bits per heavy atom. The van der Waals surface area contributed by atoms with Gasteiger partial charge < -0.3 is 5.32 Å². The molecule has 1 amide bonds. The fourth-order valence-corrected chi connectivity index (χ4v) is 1.94. The second-order valence-electron chi connectivity index (χ2n) is 3.77. The van der Waals surface area contributed by atoms with E-state index in [1.54, 1.807) is 42.5 Å². The zero-order chi connectivity index (χ0) is 13.8. The molecule has 2 aromatic rings. The topological polar surface area (TPSA) is 52.9 Å². The fraction of sp³-hybridized carbons (Fsp3) is 0. The molecule has 0 aliphatic rings. The van der Waals surface area contributed by atoms with Crippen molar-refractivity contribution < 1.29 is 4.79 Å². The van der Waals surface area contributed by atoms with Crippen molar-refractivity contribution in [3.63, 3.8) is 0 Å². The van der Waals surface area contributed by atoms with Gasteiger partial charge in [0.05, 0.1) is 22.3 Å². The van der Waals surface area contributed by atoms with Gasteiger partial charge in [-0.25, -0.2) is 0 Å². The summed E-state index contributed by atoms with van der Waals surface area (Å²) in [5.41, 5.74) is 1.44. The molecule has 0 spiro atoms. The van der Waals surface area contributed by atoms with Crippen LogP contribution in [0.5, 0.6) is 0 Å². The minimum atomic E-state index is -0.297. The SMILES string of the molecule is N#Cc1ccc(C(=O)Nc2ccc(Cl)cc2Cl)cc1. The van der Waals surface area contributed by atoms with E-state index < -0.39 is 0 Å². The Bertz CT molecular complexity index is 660. The molecule has 0 bridgehead atoms. The average molecular weight is 291 g/mol. The normalized spacial score (nSPS) is 9.74. The van der Waals surface area contributed by atoms with Crippen LogP contribution in [-0.2, 0) is 0 Å². The molecule has 0 unspecified atom stereocenters. The summed E-state index contributed by atoms with van der Waals surface area (Å²) in [5.74, 6) is -0.297. The molecule has 0 heterocycles. The highest BCUT2D eigenvalue weighted by atomic mass is 35.5. The first-order chi connectivity index (χ1) is 9.10. The van der Waals surface area contributed by atoms with Crippen LogP contribution >= 0.6 is 23.2 Å². The van der Waals surface area contributed by atoms with E-state index in [4.69, 9.17) is 28.5 Å². The molecular weight excluding hydrogens is 283 g/mol. The number of carbonyl (C=O) groups is 1. The summed E-state index contributed by atoms with van der Waals surface area (Å²) >= 11 is 11.7. The number of halogens is 2. The van der Waals surface area contributed by atoms with Crippen LogP contribution in [0.2, 0.25) is 10.0 Å². The number of nitrogens with one attached hydrogen (secondary N) is 1. The van der Waals surface area contributed by atoms with E-state index in [1.807, 2.05) is 6.07 Å². The van der Waals surface area contributed by atoms with Crippen molar-refractivity contribution in [2.24, 2.45) is 0 Å². The lowest BCUT2D eigenvalue weighted by molar-refractivity contribution is 0.102. The first-order valence-electron chi connectivity index (χ1n) is 5.37. The van der Waals surface area contributed by atoms with Crippen LogP contribution in [0.15, 0.2) is 42.5 Å². The number of anilines is 1. The van der Waals surface area contributed by atoms with Crippen LogP contribution in [0.4, 0.5) is 5.69 Å². The highest BCUT2D eigenvalue weighted by molar-refractivity contribution is 6.36. The predicted molar refractivity (Wildman–Crippen MR) is 75.6 cm³/mol. The Kier molecular flexibility index (Phi) is 4.06. The van der Waals surface area contributed by atoms with E-state index in [0.29, 0.717) is 26.9 Å². The molecule has 0 saturated carbocycles. The molecule has 0 aromatic heterocycles. The lowest BCUT2D eigenvalue weighted by Gasteiger charge is -2.07. The molecule has 0 aliphatic carbocycles. The van der Waals surface area contributed by atoms with Gasteiger partial charge in [0.2, 0.25) is 0 Å². The second-order valence-corrected chi connectivity index (χ2v) is 4.61. The number of hydrogen-bond acceptors (Lipinski definition) is 2. The number of nitriles is 1. The molecule has 1 N–H and O–H groups in total. The summed E-state index contributed by atoms with van der Waals surface area (Å²) in [6.07, 6.45) is 0. The number of carbonyl (C=O) groups excluding carboxylic acids is 1. The number of nitrogens with zero attached hydrogens (tertiary/aromatic N) is 1. The van der Waals surface area contributed by atoms with Crippen molar-refractivity contribution in [2.75, 3.05) is 5.32 Å². The largest absolute Gasteiger partial charge is 0.321 e. The molecule has 0 aliphatic heterocycles. The van der Waals surface area contributed by atoms with E-state index in [9.17, 15) is 4.79 Å². The lowest BCUT2D eigenvalue weighted by Crippen LogP contribution is -2.12. The monoisotopic (exact) mass is 290 g/mol. The van der Waals surface area contributed by atoms with Crippen molar-refractivity contribution in [1.82, 2.24) is 0 Å². The minimum absolute atomic E-state index is 0.297. The number of amides is 1. The standard InChI is InChI=1S/C14H8Cl2N2O/c15-11-5-6-13(12(16)7-11)18-14(19)10-3-1-9(8-17)2-4-10/h1-7H,(H,18,19). The van der Waals surface area contributed by atoms with E-state index >= 15 is 0 Å². The van der Waals surface area contributed by atoms with Crippen molar-refractivity contribution in [3.8, 4) is 6.07 Å². The van der Waals surface area contributed by atoms with Crippen LogP contribution in [0, 0.1) is 11.3 Å². The van der Waals surface area contributed by atoms with Gasteiger partial charge in [-0.3, -0.25) is 4.79 Å². The highest BCUT2D eigenvalue weighted by Gasteiger charge is 2.08. The first-order valence-corrected chi connectivity index (χ1v) is 6.12. The maximum absolute atomic E-state index is 12.0. The van der Waals surface area contributed by atoms with E-state index in [1.165, 1.54) is 0 Å². The molecule has 19 heavy (non-hydrogen) atoms. The van der Waals surface area contributed by atoms with Crippen LogP contribution in [0.1, 0.15) is 15.9 Å². The zero-order valence-electron chi connectivity index (χ0n) is 9.65. The predicted octanol–water partition coefficient (Wildman–Crippen LogP) is 4.12. The third-order valence-electron chi connectivity index (χ3n) is 2.46. The summed E-state index contributed by atoms with van der Waals surface area (Å²) in [5, 5.41) is 12.2. The van der Waals surface area contributed by atoms with Crippen LogP contribution in [0.25, 0.3) is 0 Å². The summed E-state index contributed by atoms with van der Waals surface area (Å²) in [6, 6.07) is 13.1. The maximum Gasteiger partial charge on any atom is 0.255 e. The third kappa shape index (κ3) is 3.25. The quantitative estimate of drug-likeness (QED) is 0.905. The van der Waals surface area contributed by atoms with Gasteiger partial charge in [-0.15, -0.1) is 0 Å². The molecule has 0 fully saturated rings. The van der Waals surface area contributed by atoms with Gasteiger partial charge in [-0.1, -0.05) is 23.2 Å². The second kappa shape index (κ2) is 5.75. The molecule has 94 valence electrons. The van der Waals surface area contributed by atoms with Gasteiger partial charge in [0, 0.05) is 10.6 Å². The molecule has 2 aromatic carbocycles.